The first-order valence-corrected chi connectivity index (χ1v) is 9.51. The number of halogens is 1. The zero-order chi connectivity index (χ0) is 20.6. The lowest BCUT2D eigenvalue weighted by atomic mass is 10.1. The van der Waals surface area contributed by atoms with Gasteiger partial charge in [-0.3, -0.25) is 5.32 Å². The minimum absolute atomic E-state index is 0.100. The van der Waals surface area contributed by atoms with E-state index >= 15 is 0 Å². The fourth-order valence-corrected chi connectivity index (χ4v) is 3.53. The maximum atomic E-state index is 12.3. The van der Waals surface area contributed by atoms with Gasteiger partial charge in [0.05, 0.1) is 16.9 Å². The molecule has 0 spiro atoms. The van der Waals surface area contributed by atoms with E-state index in [1.165, 1.54) is 0 Å². The largest absolute Gasteiger partial charge is 0.477 e. The second-order valence-electron chi connectivity index (χ2n) is 7.44. The Bertz CT molecular complexity index is 1080. The smallest absolute Gasteiger partial charge is 0.412 e. The van der Waals surface area contributed by atoms with Crippen molar-refractivity contribution in [1.29, 1.82) is 0 Å². The molecule has 0 atom stereocenters. The number of fused-ring (bicyclic) bond motifs is 1. The molecular weight excluding hydrogens is 424 g/mol. The Morgan fingerprint density at radius 1 is 1.14 bits per heavy atom. The molecule has 0 radical (unpaired) electrons. The number of aromatic carboxylic acids is 1. The number of carbonyl (C=O) groups is 2. The third-order valence-electron chi connectivity index (χ3n) is 4.11. The lowest BCUT2D eigenvalue weighted by Crippen LogP contribution is -2.27. The molecule has 6 nitrogen and oxygen atoms in total. The van der Waals surface area contributed by atoms with Gasteiger partial charge < -0.3 is 14.4 Å². The maximum Gasteiger partial charge on any atom is 0.412 e. The van der Waals surface area contributed by atoms with Gasteiger partial charge in [-0.1, -0.05) is 34.1 Å². The number of benzene rings is 2. The van der Waals surface area contributed by atoms with Crippen LogP contribution in [0, 0.1) is 6.92 Å². The van der Waals surface area contributed by atoms with Gasteiger partial charge in [-0.2, -0.15) is 0 Å². The SMILES string of the molecule is Cc1cccc(NC(=O)OC(C)(C)C)c1-n1c(C(=O)O)cc2c(Br)cccc21. The number of aromatic nitrogens is 1. The Balaban J connectivity index is 2.22. The van der Waals surface area contributed by atoms with Crippen molar-refractivity contribution >= 4 is 44.6 Å². The second-order valence-corrected chi connectivity index (χ2v) is 8.30. The molecule has 0 fully saturated rings. The van der Waals surface area contributed by atoms with E-state index in [-0.39, 0.29) is 5.69 Å². The van der Waals surface area contributed by atoms with Crippen molar-refractivity contribution in [2.75, 3.05) is 5.32 Å². The minimum Gasteiger partial charge on any atom is -0.477 e. The highest BCUT2D eigenvalue weighted by Gasteiger charge is 2.23. The number of para-hydroxylation sites is 1. The summed E-state index contributed by atoms with van der Waals surface area (Å²) in [5.74, 6) is -1.06. The molecule has 1 aromatic heterocycles. The topological polar surface area (TPSA) is 80.6 Å². The first-order chi connectivity index (χ1) is 13.1. The average molecular weight is 445 g/mol. The number of carbonyl (C=O) groups excluding carboxylic acids is 1. The summed E-state index contributed by atoms with van der Waals surface area (Å²) in [5.41, 5.74) is 2.03. The van der Waals surface area contributed by atoms with Crippen LogP contribution in [0.3, 0.4) is 0 Å². The van der Waals surface area contributed by atoms with E-state index in [2.05, 4.69) is 21.2 Å². The molecule has 7 heteroatoms. The van der Waals surface area contributed by atoms with E-state index in [9.17, 15) is 14.7 Å². The van der Waals surface area contributed by atoms with Crippen LogP contribution in [-0.4, -0.2) is 27.3 Å². The standard InChI is InChI=1S/C21H21BrN2O4/c1-12-7-5-9-15(23-20(27)28-21(2,3)4)18(12)24-16-10-6-8-14(22)13(16)11-17(24)19(25)26/h5-11H,1-4H3,(H,23,27)(H,25,26). The number of nitrogens with one attached hydrogen (secondary N) is 1. The van der Waals surface area contributed by atoms with Crippen LogP contribution in [0.1, 0.15) is 36.8 Å². The molecule has 146 valence electrons. The number of rotatable bonds is 3. The third-order valence-corrected chi connectivity index (χ3v) is 4.80. The van der Waals surface area contributed by atoms with Gasteiger partial charge in [0.25, 0.3) is 0 Å². The summed E-state index contributed by atoms with van der Waals surface area (Å²) in [5, 5.41) is 13.3. The highest BCUT2D eigenvalue weighted by atomic mass is 79.9. The predicted octanol–water partition coefficient (Wildman–Crippen LogP) is 5.75. The zero-order valence-electron chi connectivity index (χ0n) is 16.0. The molecule has 2 N–H and O–H groups in total. The Kier molecular flexibility index (Phi) is 5.21. The van der Waals surface area contributed by atoms with Crippen LogP contribution in [0.15, 0.2) is 46.9 Å². The summed E-state index contributed by atoms with van der Waals surface area (Å²) in [6.45, 7) is 7.21. The molecule has 1 amide bonds. The Morgan fingerprint density at radius 2 is 1.82 bits per heavy atom. The monoisotopic (exact) mass is 444 g/mol. The Hall–Kier alpha value is -2.80. The normalized spacial score (nSPS) is 11.5. The second kappa shape index (κ2) is 7.31. The summed E-state index contributed by atoms with van der Waals surface area (Å²) in [6.07, 6.45) is -0.603. The van der Waals surface area contributed by atoms with Gasteiger partial charge in [0.15, 0.2) is 0 Å². The van der Waals surface area contributed by atoms with Crippen molar-refractivity contribution in [3.8, 4) is 5.69 Å². The van der Waals surface area contributed by atoms with Crippen LogP contribution >= 0.6 is 15.9 Å². The minimum atomic E-state index is -1.06. The van der Waals surface area contributed by atoms with Gasteiger partial charge in [-0.15, -0.1) is 0 Å². The van der Waals surface area contributed by atoms with E-state index in [4.69, 9.17) is 4.74 Å². The van der Waals surface area contributed by atoms with Crippen LogP contribution in [0.25, 0.3) is 16.6 Å². The van der Waals surface area contributed by atoms with E-state index in [1.54, 1.807) is 43.5 Å². The lowest BCUT2D eigenvalue weighted by Gasteiger charge is -2.22. The molecule has 1 heterocycles. The predicted molar refractivity (Wildman–Crippen MR) is 113 cm³/mol. The van der Waals surface area contributed by atoms with Gasteiger partial charge in [-0.25, -0.2) is 9.59 Å². The number of hydrogen-bond acceptors (Lipinski definition) is 3. The first-order valence-electron chi connectivity index (χ1n) is 8.72. The van der Waals surface area contributed by atoms with Crippen LogP contribution < -0.4 is 5.32 Å². The van der Waals surface area contributed by atoms with Crippen molar-refractivity contribution < 1.29 is 19.4 Å². The molecule has 3 rings (SSSR count). The first kappa shape index (κ1) is 19.9. The molecule has 0 saturated heterocycles. The fourth-order valence-electron chi connectivity index (χ4n) is 3.06. The summed E-state index contributed by atoms with van der Waals surface area (Å²) < 4.78 is 7.79. The number of hydrogen-bond donors (Lipinski definition) is 2. The van der Waals surface area contributed by atoms with Crippen molar-refractivity contribution in [1.82, 2.24) is 4.57 Å². The molecule has 3 aromatic rings. The van der Waals surface area contributed by atoms with Crippen molar-refractivity contribution in [2.24, 2.45) is 0 Å². The Morgan fingerprint density at radius 3 is 2.46 bits per heavy atom. The number of ether oxygens (including phenoxy) is 1. The number of carboxylic acids is 1. The molecule has 28 heavy (non-hydrogen) atoms. The molecular formula is C21H21BrN2O4. The van der Waals surface area contributed by atoms with Crippen LogP contribution in [0.5, 0.6) is 0 Å². The third kappa shape index (κ3) is 3.89. The Labute approximate surface area is 171 Å². The van der Waals surface area contributed by atoms with Crippen molar-refractivity contribution in [2.45, 2.75) is 33.3 Å². The number of amides is 1. The van der Waals surface area contributed by atoms with E-state index < -0.39 is 17.7 Å². The summed E-state index contributed by atoms with van der Waals surface area (Å²) >= 11 is 3.48. The quantitative estimate of drug-likeness (QED) is 0.538. The summed E-state index contributed by atoms with van der Waals surface area (Å²) in [6, 6.07) is 12.5. The molecule has 0 aliphatic rings. The summed E-state index contributed by atoms with van der Waals surface area (Å²) in [4.78, 5) is 24.3. The highest BCUT2D eigenvalue weighted by Crippen LogP contribution is 2.34. The summed E-state index contributed by atoms with van der Waals surface area (Å²) in [7, 11) is 0. The molecule has 0 saturated carbocycles. The zero-order valence-corrected chi connectivity index (χ0v) is 17.6. The molecule has 0 bridgehead atoms. The number of aryl methyl sites for hydroxylation is 1. The van der Waals surface area contributed by atoms with Gasteiger partial charge in [0.1, 0.15) is 11.3 Å². The maximum absolute atomic E-state index is 12.3. The molecule has 0 aliphatic heterocycles. The molecule has 0 unspecified atom stereocenters. The number of carboxylic acid groups (broad SMARTS) is 1. The molecule has 0 aliphatic carbocycles. The van der Waals surface area contributed by atoms with Crippen LogP contribution in [0.2, 0.25) is 0 Å². The lowest BCUT2D eigenvalue weighted by molar-refractivity contribution is 0.0634. The van der Waals surface area contributed by atoms with Crippen molar-refractivity contribution in [3.05, 3.63) is 58.2 Å². The number of nitrogens with zero attached hydrogens (tertiary/aromatic N) is 1. The fraction of sp³-hybridized carbons (Fsp3) is 0.238. The van der Waals surface area contributed by atoms with Gasteiger partial charge in [0, 0.05) is 9.86 Å². The van der Waals surface area contributed by atoms with Crippen molar-refractivity contribution in [3.63, 3.8) is 0 Å². The van der Waals surface area contributed by atoms with Gasteiger partial charge in [0.2, 0.25) is 0 Å². The number of anilines is 1. The highest BCUT2D eigenvalue weighted by molar-refractivity contribution is 9.10. The average Bonchev–Trinajstić information content (AvgIpc) is 2.94. The van der Waals surface area contributed by atoms with Gasteiger partial charge >= 0.3 is 12.1 Å². The van der Waals surface area contributed by atoms with E-state index in [0.717, 1.165) is 15.4 Å². The van der Waals surface area contributed by atoms with Crippen LogP contribution in [0.4, 0.5) is 10.5 Å². The van der Waals surface area contributed by atoms with Gasteiger partial charge in [-0.05, 0) is 57.5 Å². The van der Waals surface area contributed by atoms with Crippen LogP contribution in [-0.2, 0) is 4.74 Å². The van der Waals surface area contributed by atoms with E-state index in [0.29, 0.717) is 16.9 Å². The molecule has 2 aromatic carbocycles. The van der Waals surface area contributed by atoms with E-state index in [1.807, 2.05) is 31.2 Å².